The second kappa shape index (κ2) is 9.01. The van der Waals surface area contributed by atoms with Crippen molar-refractivity contribution in [1.82, 2.24) is 0 Å². The van der Waals surface area contributed by atoms with Crippen LogP contribution in [-0.2, 0) is 9.53 Å². The van der Waals surface area contributed by atoms with Crippen molar-refractivity contribution >= 4 is 29.4 Å². The average Bonchev–Trinajstić information content (AvgIpc) is 2.66. The van der Waals surface area contributed by atoms with Gasteiger partial charge in [-0.25, -0.2) is 9.18 Å². The number of hydrogen-bond donors (Lipinski definition) is 0. The van der Waals surface area contributed by atoms with E-state index in [1.54, 1.807) is 12.1 Å². The number of esters is 1. The Labute approximate surface area is 154 Å². The van der Waals surface area contributed by atoms with Gasteiger partial charge < -0.3 is 14.2 Å². The first-order chi connectivity index (χ1) is 12.4. The van der Waals surface area contributed by atoms with Gasteiger partial charge in [0.1, 0.15) is 5.82 Å². The Bertz CT molecular complexity index is 848. The molecule has 0 unspecified atom stereocenters. The summed E-state index contributed by atoms with van der Waals surface area (Å²) in [5, 5.41) is -0.0517. The summed E-state index contributed by atoms with van der Waals surface area (Å²) in [6.45, 7) is -0.428. The van der Waals surface area contributed by atoms with E-state index in [1.807, 2.05) is 0 Å². The van der Waals surface area contributed by atoms with Gasteiger partial charge in [0, 0.05) is 11.6 Å². The topological polar surface area (TPSA) is 61.8 Å². The standard InChI is InChI=1S/C19H16ClFO5/c1-24-17-7-5-13(10-18(17)25-2)16(22)11-26-19(23)8-4-12-3-6-15(21)14(20)9-12/h3-10H,11H2,1-2H3/b8-4+. The molecule has 0 aromatic heterocycles. The summed E-state index contributed by atoms with van der Waals surface area (Å²) < 4.78 is 28.2. The van der Waals surface area contributed by atoms with Gasteiger partial charge in [0.2, 0.25) is 0 Å². The number of Topliss-reactive ketones (excluding diaryl/α,β-unsaturated/α-hetero) is 1. The van der Waals surface area contributed by atoms with E-state index in [2.05, 4.69) is 0 Å². The summed E-state index contributed by atoms with van der Waals surface area (Å²) in [6.07, 6.45) is 2.54. The van der Waals surface area contributed by atoms with Crippen molar-refractivity contribution in [3.63, 3.8) is 0 Å². The predicted molar refractivity (Wildman–Crippen MR) is 95.3 cm³/mol. The van der Waals surface area contributed by atoms with Gasteiger partial charge in [-0.1, -0.05) is 17.7 Å². The molecule has 0 saturated heterocycles. The number of carbonyl (C=O) groups excluding carboxylic acids is 2. The Balaban J connectivity index is 1.95. The van der Waals surface area contributed by atoms with E-state index in [-0.39, 0.29) is 5.02 Å². The van der Waals surface area contributed by atoms with Gasteiger partial charge in [0.05, 0.1) is 19.2 Å². The van der Waals surface area contributed by atoms with E-state index in [4.69, 9.17) is 25.8 Å². The molecule has 0 aliphatic heterocycles. The highest BCUT2D eigenvalue weighted by Gasteiger charge is 2.12. The second-order valence-electron chi connectivity index (χ2n) is 5.11. The zero-order chi connectivity index (χ0) is 19.1. The van der Waals surface area contributed by atoms with Crippen LogP contribution in [0.2, 0.25) is 5.02 Å². The van der Waals surface area contributed by atoms with Gasteiger partial charge in [0.15, 0.2) is 23.9 Å². The summed E-state index contributed by atoms with van der Waals surface area (Å²) in [4.78, 5) is 23.8. The largest absolute Gasteiger partial charge is 0.493 e. The van der Waals surface area contributed by atoms with Gasteiger partial charge in [-0.3, -0.25) is 4.79 Å². The summed E-state index contributed by atoms with van der Waals surface area (Å²) in [7, 11) is 2.94. The molecule has 2 rings (SSSR count). The van der Waals surface area contributed by atoms with Crippen molar-refractivity contribution in [2.24, 2.45) is 0 Å². The van der Waals surface area contributed by atoms with Gasteiger partial charge in [-0.2, -0.15) is 0 Å². The van der Waals surface area contributed by atoms with Gasteiger partial charge in [-0.05, 0) is 42.0 Å². The highest BCUT2D eigenvalue weighted by molar-refractivity contribution is 6.30. The number of rotatable bonds is 7. The smallest absolute Gasteiger partial charge is 0.331 e. The van der Waals surface area contributed by atoms with Crippen LogP contribution >= 0.6 is 11.6 Å². The first-order valence-corrected chi connectivity index (χ1v) is 7.87. The highest BCUT2D eigenvalue weighted by Crippen LogP contribution is 2.27. The molecule has 0 spiro atoms. The maximum Gasteiger partial charge on any atom is 0.331 e. The van der Waals surface area contributed by atoms with Crippen LogP contribution in [0.3, 0.4) is 0 Å². The fraction of sp³-hybridized carbons (Fsp3) is 0.158. The quantitative estimate of drug-likeness (QED) is 0.415. The van der Waals surface area contributed by atoms with Crippen LogP contribution in [0.25, 0.3) is 6.08 Å². The van der Waals surface area contributed by atoms with Crippen molar-refractivity contribution in [2.75, 3.05) is 20.8 Å². The Kier molecular flexibility index (Phi) is 6.74. The maximum absolute atomic E-state index is 13.1. The molecule has 2 aromatic rings. The molecule has 0 amide bonds. The molecule has 0 saturated carbocycles. The number of halogens is 2. The van der Waals surface area contributed by atoms with Crippen molar-refractivity contribution in [1.29, 1.82) is 0 Å². The fourth-order valence-electron chi connectivity index (χ4n) is 2.06. The average molecular weight is 379 g/mol. The van der Waals surface area contributed by atoms with Crippen molar-refractivity contribution in [3.8, 4) is 11.5 Å². The Morgan fingerprint density at radius 2 is 1.81 bits per heavy atom. The van der Waals surface area contributed by atoms with E-state index in [9.17, 15) is 14.0 Å². The number of ether oxygens (including phenoxy) is 3. The number of methoxy groups -OCH3 is 2. The summed E-state index contributed by atoms with van der Waals surface area (Å²) in [6, 6.07) is 8.66. The number of carbonyl (C=O) groups is 2. The molecule has 2 aromatic carbocycles. The molecular formula is C19H16ClFO5. The Hall–Kier alpha value is -2.86. The van der Waals surface area contributed by atoms with Crippen LogP contribution in [0.15, 0.2) is 42.5 Å². The predicted octanol–water partition coefficient (Wildman–Crippen LogP) is 3.94. The molecule has 0 heterocycles. The number of ketones is 1. The van der Waals surface area contributed by atoms with Crippen molar-refractivity contribution in [3.05, 3.63) is 64.4 Å². The zero-order valence-corrected chi connectivity index (χ0v) is 14.9. The van der Waals surface area contributed by atoms with E-state index < -0.39 is 24.2 Å². The SMILES string of the molecule is COc1ccc(C(=O)COC(=O)/C=C/c2ccc(F)c(Cl)c2)cc1OC. The van der Waals surface area contributed by atoms with Crippen molar-refractivity contribution in [2.45, 2.75) is 0 Å². The minimum absolute atomic E-state index is 0.0517. The molecule has 136 valence electrons. The minimum Gasteiger partial charge on any atom is -0.493 e. The lowest BCUT2D eigenvalue weighted by Crippen LogP contribution is -2.12. The Morgan fingerprint density at radius 1 is 1.08 bits per heavy atom. The van der Waals surface area contributed by atoms with Crippen LogP contribution in [0.4, 0.5) is 4.39 Å². The lowest BCUT2D eigenvalue weighted by molar-refractivity contribution is -0.136. The minimum atomic E-state index is -0.709. The molecule has 0 N–H and O–H groups in total. The summed E-state index contributed by atoms with van der Waals surface area (Å²) in [5.74, 6) is -0.761. The molecule has 0 fully saturated rings. The third kappa shape index (κ3) is 5.07. The normalized spacial score (nSPS) is 10.6. The summed E-state index contributed by atoms with van der Waals surface area (Å²) >= 11 is 5.66. The fourth-order valence-corrected chi connectivity index (χ4v) is 2.25. The monoisotopic (exact) mass is 378 g/mol. The maximum atomic E-state index is 13.1. The van der Waals surface area contributed by atoms with E-state index in [0.29, 0.717) is 22.6 Å². The zero-order valence-electron chi connectivity index (χ0n) is 14.1. The van der Waals surface area contributed by atoms with Gasteiger partial charge >= 0.3 is 5.97 Å². The highest BCUT2D eigenvalue weighted by atomic mass is 35.5. The lowest BCUT2D eigenvalue weighted by atomic mass is 10.1. The summed E-state index contributed by atoms with van der Waals surface area (Å²) in [5.41, 5.74) is 0.851. The van der Waals surface area contributed by atoms with Gasteiger partial charge in [-0.15, -0.1) is 0 Å². The number of benzene rings is 2. The number of hydrogen-bond acceptors (Lipinski definition) is 5. The van der Waals surface area contributed by atoms with Crippen LogP contribution in [0.1, 0.15) is 15.9 Å². The molecule has 0 aliphatic rings. The van der Waals surface area contributed by atoms with E-state index >= 15 is 0 Å². The van der Waals surface area contributed by atoms with Crippen molar-refractivity contribution < 1.29 is 28.2 Å². The third-order valence-corrected chi connectivity index (χ3v) is 3.70. The van der Waals surface area contributed by atoms with E-state index in [1.165, 1.54) is 44.6 Å². The molecule has 0 aliphatic carbocycles. The van der Waals surface area contributed by atoms with Crippen LogP contribution < -0.4 is 9.47 Å². The third-order valence-electron chi connectivity index (χ3n) is 3.41. The molecule has 26 heavy (non-hydrogen) atoms. The molecule has 0 radical (unpaired) electrons. The van der Waals surface area contributed by atoms with E-state index in [0.717, 1.165) is 6.08 Å². The first kappa shape index (κ1) is 19.5. The van der Waals surface area contributed by atoms with Crippen LogP contribution in [0, 0.1) is 5.82 Å². The molecular weight excluding hydrogens is 363 g/mol. The van der Waals surface area contributed by atoms with Crippen LogP contribution in [0.5, 0.6) is 11.5 Å². The van der Waals surface area contributed by atoms with Gasteiger partial charge in [0.25, 0.3) is 0 Å². The lowest BCUT2D eigenvalue weighted by Gasteiger charge is -2.09. The Morgan fingerprint density at radius 3 is 2.46 bits per heavy atom. The first-order valence-electron chi connectivity index (χ1n) is 7.49. The molecule has 5 nitrogen and oxygen atoms in total. The molecule has 7 heteroatoms. The molecule has 0 atom stereocenters. The second-order valence-corrected chi connectivity index (χ2v) is 5.51. The molecule has 0 bridgehead atoms. The van der Waals surface area contributed by atoms with Crippen LogP contribution in [-0.4, -0.2) is 32.6 Å².